The molecule has 134 valence electrons. The highest BCUT2D eigenvalue weighted by atomic mass is 16.5. The summed E-state index contributed by atoms with van der Waals surface area (Å²) in [5, 5.41) is 6.97. The third kappa shape index (κ3) is 2.63. The molecule has 0 saturated carbocycles. The molecule has 2 aliphatic heterocycles. The largest absolute Gasteiger partial charge is 0.493 e. The average Bonchev–Trinajstić information content (AvgIpc) is 3.20. The van der Waals surface area contributed by atoms with E-state index >= 15 is 0 Å². The van der Waals surface area contributed by atoms with Crippen LogP contribution in [0.2, 0.25) is 0 Å². The van der Waals surface area contributed by atoms with Crippen LogP contribution in [0.1, 0.15) is 35.5 Å². The number of hydrogen-bond donors (Lipinski definition) is 0. The maximum atomic E-state index is 6.37. The molecule has 5 heteroatoms. The molecule has 2 unspecified atom stereocenters. The number of rotatable bonds is 3. The Morgan fingerprint density at radius 2 is 1.85 bits per heavy atom. The number of nitrogens with zero attached hydrogens (tertiary/aromatic N) is 3. The van der Waals surface area contributed by atoms with Crippen molar-refractivity contribution >= 4 is 5.71 Å². The topological polar surface area (TPSA) is 47.0 Å². The summed E-state index contributed by atoms with van der Waals surface area (Å²) in [5.41, 5.74) is 4.12. The van der Waals surface area contributed by atoms with E-state index in [9.17, 15) is 0 Å². The molecular weight excluding hydrogens is 338 g/mol. The molecule has 0 aliphatic carbocycles. The lowest BCUT2D eigenvalue weighted by atomic mass is 9.96. The van der Waals surface area contributed by atoms with Crippen LogP contribution in [0.15, 0.2) is 78.0 Å². The van der Waals surface area contributed by atoms with E-state index in [-0.39, 0.29) is 12.3 Å². The Kier molecular flexibility index (Phi) is 3.78. The van der Waals surface area contributed by atoms with E-state index < -0.39 is 0 Å². The molecule has 27 heavy (non-hydrogen) atoms. The first kappa shape index (κ1) is 15.9. The fraction of sp³-hybridized carbons (Fsp3) is 0.182. The van der Waals surface area contributed by atoms with Gasteiger partial charge in [-0.3, -0.25) is 4.98 Å². The van der Waals surface area contributed by atoms with Crippen molar-refractivity contribution in [2.45, 2.75) is 18.7 Å². The lowest BCUT2D eigenvalue weighted by molar-refractivity contribution is -0.0236. The third-order valence-corrected chi connectivity index (χ3v) is 5.05. The van der Waals surface area contributed by atoms with E-state index in [0.717, 1.165) is 40.5 Å². The maximum Gasteiger partial charge on any atom is 0.230 e. The molecule has 0 fully saturated rings. The Morgan fingerprint density at radius 1 is 1.00 bits per heavy atom. The lowest BCUT2D eigenvalue weighted by Gasteiger charge is -2.38. The van der Waals surface area contributed by atoms with Gasteiger partial charge < -0.3 is 9.47 Å². The molecule has 3 heterocycles. The van der Waals surface area contributed by atoms with Gasteiger partial charge in [0.2, 0.25) is 6.23 Å². The summed E-state index contributed by atoms with van der Waals surface area (Å²) in [4.78, 5) is 4.51. The van der Waals surface area contributed by atoms with Crippen molar-refractivity contribution in [2.75, 3.05) is 7.11 Å². The van der Waals surface area contributed by atoms with E-state index in [1.54, 1.807) is 13.3 Å². The minimum atomic E-state index is -0.388. The minimum Gasteiger partial charge on any atom is -0.493 e. The van der Waals surface area contributed by atoms with Gasteiger partial charge in [0.25, 0.3) is 0 Å². The Bertz CT molecular complexity index is 989. The van der Waals surface area contributed by atoms with Crippen molar-refractivity contribution in [3.63, 3.8) is 0 Å². The third-order valence-electron chi connectivity index (χ3n) is 5.05. The highest BCUT2D eigenvalue weighted by Crippen LogP contribution is 2.50. The van der Waals surface area contributed by atoms with Crippen molar-refractivity contribution < 1.29 is 9.47 Å². The molecule has 0 spiro atoms. The molecule has 3 aromatic rings. The van der Waals surface area contributed by atoms with Gasteiger partial charge in [-0.1, -0.05) is 48.5 Å². The van der Waals surface area contributed by atoms with Crippen LogP contribution >= 0.6 is 0 Å². The monoisotopic (exact) mass is 357 g/mol. The summed E-state index contributed by atoms with van der Waals surface area (Å²) in [6, 6.07) is 22.2. The minimum absolute atomic E-state index is 0.0889. The molecular formula is C22H19N3O2. The van der Waals surface area contributed by atoms with Gasteiger partial charge in [0.15, 0.2) is 11.5 Å². The Hall–Kier alpha value is -3.34. The van der Waals surface area contributed by atoms with Crippen LogP contribution in [-0.4, -0.2) is 22.8 Å². The fourth-order valence-electron chi connectivity index (χ4n) is 3.77. The molecule has 1 aromatic heterocycles. The molecule has 0 bridgehead atoms. The van der Waals surface area contributed by atoms with Gasteiger partial charge in [-0.25, -0.2) is 5.01 Å². The second-order valence-corrected chi connectivity index (χ2v) is 6.62. The molecule has 0 saturated heterocycles. The van der Waals surface area contributed by atoms with Crippen LogP contribution in [0.3, 0.4) is 0 Å². The first-order valence-electron chi connectivity index (χ1n) is 9.01. The van der Waals surface area contributed by atoms with Gasteiger partial charge in [-0.05, 0) is 23.8 Å². The van der Waals surface area contributed by atoms with E-state index in [2.05, 4.69) is 23.2 Å². The average molecular weight is 357 g/mol. The van der Waals surface area contributed by atoms with Crippen LogP contribution in [0.25, 0.3) is 0 Å². The summed E-state index contributed by atoms with van der Waals surface area (Å²) in [5.74, 6) is 1.52. The van der Waals surface area contributed by atoms with Crippen molar-refractivity contribution in [3.05, 3.63) is 89.7 Å². The summed E-state index contributed by atoms with van der Waals surface area (Å²) < 4.78 is 11.9. The number of hydrazone groups is 1. The van der Waals surface area contributed by atoms with E-state index in [1.165, 1.54) is 0 Å². The SMILES string of the molecule is COc1cccc2c1OC(c1ccccn1)N1N=C(c3ccccc3)CC21. The maximum absolute atomic E-state index is 6.37. The van der Waals surface area contributed by atoms with Crippen LogP contribution in [0.5, 0.6) is 11.5 Å². The van der Waals surface area contributed by atoms with Gasteiger partial charge in [-0.15, -0.1) is 0 Å². The normalized spacial score (nSPS) is 20.3. The molecule has 2 aliphatic rings. The first-order chi connectivity index (χ1) is 13.3. The Morgan fingerprint density at radius 3 is 2.63 bits per heavy atom. The smallest absolute Gasteiger partial charge is 0.230 e. The van der Waals surface area contributed by atoms with Crippen molar-refractivity contribution in [3.8, 4) is 11.5 Å². The number of pyridine rings is 1. The zero-order valence-electron chi connectivity index (χ0n) is 14.9. The van der Waals surface area contributed by atoms with Gasteiger partial charge in [-0.2, -0.15) is 5.10 Å². The number of aromatic nitrogens is 1. The zero-order chi connectivity index (χ0) is 18.2. The predicted molar refractivity (Wildman–Crippen MR) is 103 cm³/mol. The second kappa shape index (κ2) is 6.43. The lowest BCUT2D eigenvalue weighted by Crippen LogP contribution is -2.34. The number of methoxy groups -OCH3 is 1. The Labute approximate surface area is 157 Å². The van der Waals surface area contributed by atoms with Crippen LogP contribution in [-0.2, 0) is 0 Å². The van der Waals surface area contributed by atoms with E-state index in [4.69, 9.17) is 14.6 Å². The summed E-state index contributed by atoms with van der Waals surface area (Å²) in [6.07, 6.45) is 2.21. The highest BCUT2D eigenvalue weighted by molar-refractivity contribution is 6.01. The highest BCUT2D eigenvalue weighted by Gasteiger charge is 2.42. The second-order valence-electron chi connectivity index (χ2n) is 6.62. The molecule has 0 radical (unpaired) electrons. The first-order valence-corrected chi connectivity index (χ1v) is 9.01. The molecule has 2 aromatic carbocycles. The van der Waals surface area contributed by atoms with Gasteiger partial charge in [0.1, 0.15) is 5.69 Å². The van der Waals surface area contributed by atoms with Gasteiger partial charge in [0, 0.05) is 18.2 Å². The van der Waals surface area contributed by atoms with Crippen LogP contribution in [0, 0.1) is 0 Å². The number of benzene rings is 2. The zero-order valence-corrected chi connectivity index (χ0v) is 14.9. The number of fused-ring (bicyclic) bond motifs is 3. The summed E-state index contributed by atoms with van der Waals surface area (Å²) in [7, 11) is 1.67. The van der Waals surface area contributed by atoms with Crippen molar-refractivity contribution in [1.82, 2.24) is 9.99 Å². The molecule has 0 N–H and O–H groups in total. The fourth-order valence-corrected chi connectivity index (χ4v) is 3.77. The summed E-state index contributed by atoms with van der Waals surface area (Å²) >= 11 is 0. The molecule has 0 amide bonds. The number of para-hydroxylation sites is 1. The predicted octanol–water partition coefficient (Wildman–Crippen LogP) is 4.33. The summed E-state index contributed by atoms with van der Waals surface area (Å²) in [6.45, 7) is 0. The van der Waals surface area contributed by atoms with E-state index in [1.807, 2.05) is 53.5 Å². The van der Waals surface area contributed by atoms with E-state index in [0.29, 0.717) is 0 Å². The van der Waals surface area contributed by atoms with Gasteiger partial charge >= 0.3 is 0 Å². The van der Waals surface area contributed by atoms with Crippen LogP contribution in [0.4, 0.5) is 0 Å². The number of ether oxygens (including phenoxy) is 2. The van der Waals surface area contributed by atoms with Crippen molar-refractivity contribution in [1.29, 1.82) is 0 Å². The van der Waals surface area contributed by atoms with Crippen LogP contribution < -0.4 is 9.47 Å². The van der Waals surface area contributed by atoms with Gasteiger partial charge in [0.05, 0.1) is 18.9 Å². The molecule has 5 nitrogen and oxygen atoms in total. The molecule has 2 atom stereocenters. The van der Waals surface area contributed by atoms with Crippen molar-refractivity contribution in [2.24, 2.45) is 5.10 Å². The Balaban J connectivity index is 1.63. The molecule has 5 rings (SSSR count). The number of hydrogen-bond acceptors (Lipinski definition) is 5. The quantitative estimate of drug-likeness (QED) is 0.700. The standard InChI is InChI=1S/C22H19N3O2/c1-26-20-12-7-10-16-19-14-18(15-8-3-2-4-9-15)24-25(19)22(27-21(16)20)17-11-5-6-13-23-17/h2-13,19,22H,14H2,1H3.